The standard InChI is InChI=1S/C22H18BrFN2O5S/c1-30-18-9-13(6-7-19(27)26-22-25-15(12-32-22)10-20(28)29)8-16(23)21(18)31-11-14-4-2-3-5-17(14)24/h2-9,12H,10-11H2,1H3,(H,28,29)(H,25,26,27)/b7-6+. The van der Waals surface area contributed by atoms with E-state index in [2.05, 4.69) is 26.2 Å². The molecule has 32 heavy (non-hydrogen) atoms. The highest BCUT2D eigenvalue weighted by Crippen LogP contribution is 2.37. The highest BCUT2D eigenvalue weighted by Gasteiger charge is 2.13. The number of hydrogen-bond acceptors (Lipinski definition) is 6. The minimum absolute atomic E-state index is 0.0247. The topological polar surface area (TPSA) is 97.8 Å². The Morgan fingerprint density at radius 1 is 1.31 bits per heavy atom. The number of halogens is 2. The van der Waals surface area contributed by atoms with Crippen LogP contribution in [0.25, 0.3) is 6.08 Å². The van der Waals surface area contributed by atoms with Crippen LogP contribution in [0, 0.1) is 5.82 Å². The van der Waals surface area contributed by atoms with E-state index in [1.807, 2.05) is 0 Å². The van der Waals surface area contributed by atoms with E-state index in [9.17, 15) is 14.0 Å². The van der Waals surface area contributed by atoms with Crippen LogP contribution in [0.4, 0.5) is 9.52 Å². The molecule has 2 N–H and O–H groups in total. The van der Waals surface area contributed by atoms with Gasteiger partial charge in [-0.1, -0.05) is 18.2 Å². The predicted octanol–water partition coefficient (Wildman–Crippen LogP) is 4.91. The van der Waals surface area contributed by atoms with Gasteiger partial charge in [-0.15, -0.1) is 11.3 Å². The van der Waals surface area contributed by atoms with Crippen molar-refractivity contribution in [3.8, 4) is 11.5 Å². The normalized spacial score (nSPS) is 10.8. The summed E-state index contributed by atoms with van der Waals surface area (Å²) in [6.07, 6.45) is 2.69. The van der Waals surface area contributed by atoms with E-state index in [1.54, 1.807) is 41.8 Å². The van der Waals surface area contributed by atoms with Crippen molar-refractivity contribution in [1.29, 1.82) is 0 Å². The Balaban J connectivity index is 1.67. The van der Waals surface area contributed by atoms with Crippen LogP contribution in [0.1, 0.15) is 16.8 Å². The first-order valence-electron chi connectivity index (χ1n) is 9.24. The van der Waals surface area contributed by atoms with Crippen LogP contribution in [0.2, 0.25) is 0 Å². The number of carbonyl (C=O) groups is 2. The van der Waals surface area contributed by atoms with Gasteiger partial charge in [-0.2, -0.15) is 0 Å². The molecule has 0 radical (unpaired) electrons. The lowest BCUT2D eigenvalue weighted by Gasteiger charge is -2.14. The zero-order valence-electron chi connectivity index (χ0n) is 16.8. The predicted molar refractivity (Wildman–Crippen MR) is 123 cm³/mol. The number of hydrogen-bond donors (Lipinski definition) is 2. The molecule has 1 aromatic heterocycles. The fraction of sp³-hybridized carbons (Fsp3) is 0.136. The summed E-state index contributed by atoms with van der Waals surface area (Å²) in [5.41, 5.74) is 1.45. The summed E-state index contributed by atoms with van der Waals surface area (Å²) in [6, 6.07) is 9.75. The second-order valence-electron chi connectivity index (χ2n) is 6.45. The number of nitrogens with one attached hydrogen (secondary N) is 1. The van der Waals surface area contributed by atoms with Gasteiger partial charge in [0.25, 0.3) is 0 Å². The molecule has 1 heterocycles. The second kappa shape index (κ2) is 10.9. The number of anilines is 1. The zero-order chi connectivity index (χ0) is 23.1. The maximum atomic E-state index is 13.8. The lowest BCUT2D eigenvalue weighted by Crippen LogP contribution is -2.08. The SMILES string of the molecule is COc1cc(/C=C/C(=O)Nc2nc(CC(=O)O)cs2)cc(Br)c1OCc1ccccc1F. The molecule has 3 rings (SSSR count). The Morgan fingerprint density at radius 2 is 2.09 bits per heavy atom. The average molecular weight is 521 g/mol. The number of methoxy groups -OCH3 is 1. The average Bonchev–Trinajstić information content (AvgIpc) is 3.18. The van der Waals surface area contributed by atoms with Crippen molar-refractivity contribution in [1.82, 2.24) is 4.98 Å². The molecule has 10 heteroatoms. The minimum Gasteiger partial charge on any atom is -0.493 e. The number of thiazole rings is 1. The molecule has 2 aromatic carbocycles. The summed E-state index contributed by atoms with van der Waals surface area (Å²) in [5, 5.41) is 13.3. The number of carboxylic acid groups (broad SMARTS) is 1. The number of aromatic nitrogens is 1. The molecular weight excluding hydrogens is 503 g/mol. The first-order valence-corrected chi connectivity index (χ1v) is 10.9. The molecule has 0 aliphatic carbocycles. The number of ether oxygens (including phenoxy) is 2. The summed E-state index contributed by atoms with van der Waals surface area (Å²) >= 11 is 4.57. The third kappa shape index (κ3) is 6.38. The number of rotatable bonds is 9. The fourth-order valence-electron chi connectivity index (χ4n) is 2.66. The van der Waals surface area contributed by atoms with Crippen molar-refractivity contribution < 1.29 is 28.6 Å². The van der Waals surface area contributed by atoms with Crippen molar-refractivity contribution in [3.05, 3.63) is 75.0 Å². The van der Waals surface area contributed by atoms with Gasteiger partial charge in [0.05, 0.1) is 23.7 Å². The molecular formula is C22H18BrFN2O5S. The molecule has 0 spiro atoms. The summed E-state index contributed by atoms with van der Waals surface area (Å²) in [5.74, 6) is -0.950. The van der Waals surface area contributed by atoms with Crippen molar-refractivity contribution in [2.24, 2.45) is 0 Å². The molecule has 3 aromatic rings. The van der Waals surface area contributed by atoms with E-state index in [-0.39, 0.29) is 18.8 Å². The van der Waals surface area contributed by atoms with E-state index < -0.39 is 11.9 Å². The molecule has 0 fully saturated rings. The van der Waals surface area contributed by atoms with Gasteiger partial charge >= 0.3 is 5.97 Å². The van der Waals surface area contributed by atoms with Crippen LogP contribution in [0.5, 0.6) is 11.5 Å². The van der Waals surface area contributed by atoms with Crippen LogP contribution in [0.3, 0.4) is 0 Å². The fourth-order valence-corrected chi connectivity index (χ4v) is 3.95. The number of benzene rings is 2. The van der Waals surface area contributed by atoms with Crippen LogP contribution in [-0.4, -0.2) is 29.1 Å². The van der Waals surface area contributed by atoms with Crippen molar-refractivity contribution in [2.75, 3.05) is 12.4 Å². The summed E-state index contributed by atoms with van der Waals surface area (Å²) in [6.45, 7) is 0.0247. The van der Waals surface area contributed by atoms with Gasteiger partial charge in [-0.25, -0.2) is 9.37 Å². The first-order chi connectivity index (χ1) is 15.4. The lowest BCUT2D eigenvalue weighted by molar-refractivity contribution is -0.136. The summed E-state index contributed by atoms with van der Waals surface area (Å²) in [7, 11) is 1.48. The number of aliphatic carboxylic acids is 1. The monoisotopic (exact) mass is 520 g/mol. The minimum atomic E-state index is -0.992. The zero-order valence-corrected chi connectivity index (χ0v) is 19.2. The quantitative estimate of drug-likeness (QED) is 0.389. The molecule has 1 amide bonds. The Labute approximate surface area is 195 Å². The molecule has 0 unspecified atom stereocenters. The van der Waals surface area contributed by atoms with Crippen molar-refractivity contribution >= 4 is 50.4 Å². The third-order valence-electron chi connectivity index (χ3n) is 4.12. The Morgan fingerprint density at radius 3 is 2.81 bits per heavy atom. The largest absolute Gasteiger partial charge is 0.493 e. The maximum absolute atomic E-state index is 13.8. The number of amides is 1. The highest BCUT2D eigenvalue weighted by atomic mass is 79.9. The van der Waals surface area contributed by atoms with E-state index in [0.717, 1.165) is 11.3 Å². The molecule has 0 atom stereocenters. The van der Waals surface area contributed by atoms with Crippen LogP contribution < -0.4 is 14.8 Å². The van der Waals surface area contributed by atoms with Crippen LogP contribution >= 0.6 is 27.3 Å². The molecule has 166 valence electrons. The van der Waals surface area contributed by atoms with E-state index in [1.165, 1.54) is 19.3 Å². The number of nitrogens with zero attached hydrogens (tertiary/aromatic N) is 1. The van der Waals surface area contributed by atoms with E-state index in [0.29, 0.717) is 37.9 Å². The van der Waals surface area contributed by atoms with Crippen molar-refractivity contribution in [3.63, 3.8) is 0 Å². The second-order valence-corrected chi connectivity index (χ2v) is 8.16. The van der Waals surface area contributed by atoms with Gasteiger partial charge in [-0.3, -0.25) is 14.9 Å². The van der Waals surface area contributed by atoms with Gasteiger partial charge in [0.15, 0.2) is 16.6 Å². The van der Waals surface area contributed by atoms with Crippen LogP contribution in [0.15, 0.2) is 52.3 Å². The van der Waals surface area contributed by atoms with Gasteiger partial charge < -0.3 is 14.6 Å². The molecule has 0 aliphatic rings. The maximum Gasteiger partial charge on any atom is 0.309 e. The summed E-state index contributed by atoms with van der Waals surface area (Å²) < 4.78 is 25.5. The molecule has 0 saturated heterocycles. The molecule has 0 aliphatic heterocycles. The first kappa shape index (κ1) is 23.4. The Hall–Kier alpha value is -3.24. The Bertz CT molecular complexity index is 1160. The van der Waals surface area contributed by atoms with Gasteiger partial charge in [0, 0.05) is 17.0 Å². The summed E-state index contributed by atoms with van der Waals surface area (Å²) in [4.78, 5) is 26.9. The highest BCUT2D eigenvalue weighted by molar-refractivity contribution is 9.10. The number of carboxylic acids is 1. The lowest BCUT2D eigenvalue weighted by atomic mass is 10.2. The van der Waals surface area contributed by atoms with E-state index in [4.69, 9.17) is 14.6 Å². The van der Waals surface area contributed by atoms with Gasteiger partial charge in [0.2, 0.25) is 5.91 Å². The molecule has 7 nitrogen and oxygen atoms in total. The third-order valence-corrected chi connectivity index (χ3v) is 5.52. The van der Waals surface area contributed by atoms with Gasteiger partial charge in [-0.05, 0) is 45.8 Å². The molecule has 0 bridgehead atoms. The van der Waals surface area contributed by atoms with Crippen molar-refractivity contribution in [2.45, 2.75) is 13.0 Å². The van der Waals surface area contributed by atoms with Crippen LogP contribution in [-0.2, 0) is 22.6 Å². The Kier molecular flexibility index (Phi) is 7.96. The number of carbonyl (C=O) groups excluding carboxylic acids is 1. The van der Waals surface area contributed by atoms with E-state index >= 15 is 0 Å². The molecule has 0 saturated carbocycles. The van der Waals surface area contributed by atoms with Gasteiger partial charge in [0.1, 0.15) is 12.4 Å². The smallest absolute Gasteiger partial charge is 0.309 e.